The van der Waals surface area contributed by atoms with Gasteiger partial charge in [-0.05, 0) is 78.6 Å². The molecule has 0 saturated heterocycles. The molecule has 2 aromatic rings. The van der Waals surface area contributed by atoms with Crippen LogP contribution in [0.1, 0.15) is 108 Å². The maximum atomic E-state index is 12.0. The minimum absolute atomic E-state index is 0.265. The largest absolute Gasteiger partial charge is 0.508 e. The average Bonchev–Trinajstić information content (AvgIpc) is 2.85. The summed E-state index contributed by atoms with van der Waals surface area (Å²) in [7, 11) is -2.86. The molecule has 0 aliphatic rings. The lowest BCUT2D eigenvalue weighted by Gasteiger charge is -2.16. The van der Waals surface area contributed by atoms with Crippen LogP contribution in [0, 0.1) is 0 Å². The number of unbranched alkanes of at least 4 members (excludes halogenated alkanes) is 9. The molecule has 0 saturated carbocycles. The van der Waals surface area contributed by atoms with Crippen LogP contribution in [0.5, 0.6) is 11.5 Å². The van der Waals surface area contributed by atoms with Crippen LogP contribution < -0.4 is 0 Å². The van der Waals surface area contributed by atoms with Crippen LogP contribution in [0.25, 0.3) is 11.1 Å². The van der Waals surface area contributed by atoms with E-state index in [2.05, 4.69) is 19.9 Å². The van der Waals surface area contributed by atoms with Gasteiger partial charge < -0.3 is 10.2 Å². The second-order valence-electron chi connectivity index (χ2n) is 9.85. The van der Waals surface area contributed by atoms with Crippen LogP contribution in [-0.2, 0) is 9.84 Å². The van der Waals surface area contributed by atoms with Crippen molar-refractivity contribution in [1.29, 1.82) is 0 Å². The first-order valence-corrected chi connectivity index (χ1v) is 15.7. The lowest BCUT2D eigenvalue weighted by atomic mass is 9.89. The summed E-state index contributed by atoms with van der Waals surface area (Å²) in [6, 6.07) is 14.9. The van der Waals surface area contributed by atoms with E-state index in [1.165, 1.54) is 30.4 Å². The third-order valence-corrected chi connectivity index (χ3v) is 8.64. The first-order valence-electron chi connectivity index (χ1n) is 13.9. The molecule has 0 atom stereocenters. The monoisotopic (exact) mass is 514 g/mol. The maximum absolute atomic E-state index is 12.0. The Hall–Kier alpha value is -2.27. The van der Waals surface area contributed by atoms with E-state index in [4.69, 9.17) is 0 Å². The van der Waals surface area contributed by atoms with Gasteiger partial charge in [0.15, 0.2) is 0 Å². The zero-order valence-electron chi connectivity index (χ0n) is 22.3. The summed E-state index contributed by atoms with van der Waals surface area (Å²) in [6.45, 7) is 4.25. The molecule has 2 rings (SSSR count). The molecule has 2 N–H and O–H groups in total. The summed E-state index contributed by atoms with van der Waals surface area (Å²) in [5.74, 6) is 1.25. The normalized spacial score (nSPS) is 12.5. The summed E-state index contributed by atoms with van der Waals surface area (Å²) in [5.41, 5.74) is 4.69. The minimum Gasteiger partial charge on any atom is -0.508 e. The third-order valence-electron chi connectivity index (χ3n) is 6.82. The van der Waals surface area contributed by atoms with Crippen molar-refractivity contribution in [2.75, 3.05) is 11.5 Å². The van der Waals surface area contributed by atoms with Gasteiger partial charge in [0.2, 0.25) is 0 Å². The highest BCUT2D eigenvalue weighted by Gasteiger charge is 2.12. The first-order chi connectivity index (χ1) is 17.4. The van der Waals surface area contributed by atoms with E-state index in [1.54, 1.807) is 18.2 Å². The standard InChI is InChI=1S/C31H46O4S/c1-3-5-13-23-36(34,35)24-14-11-9-7-6-8-10-12-18-31(27-16-15-17-29(33)25-27)30(4-2)26-19-21-28(32)22-20-26/h15-17,19-22,25,32-33H,3-14,18,23-24H2,1-2H3/b31-30+. The van der Waals surface area contributed by atoms with Crippen LogP contribution in [0.4, 0.5) is 0 Å². The highest BCUT2D eigenvalue weighted by molar-refractivity contribution is 7.91. The second-order valence-corrected chi connectivity index (χ2v) is 12.1. The Morgan fingerprint density at radius 2 is 1.22 bits per heavy atom. The minimum atomic E-state index is -2.86. The van der Waals surface area contributed by atoms with Crippen molar-refractivity contribution in [2.45, 2.75) is 97.3 Å². The van der Waals surface area contributed by atoms with Gasteiger partial charge in [0, 0.05) is 0 Å². The first kappa shape index (κ1) is 30.0. The molecular weight excluding hydrogens is 468 g/mol. The Kier molecular flexibility index (Phi) is 13.7. The highest BCUT2D eigenvalue weighted by Crippen LogP contribution is 2.34. The van der Waals surface area contributed by atoms with Crippen molar-refractivity contribution in [1.82, 2.24) is 0 Å². The molecule has 0 aliphatic heterocycles. The molecule has 0 aliphatic carbocycles. The van der Waals surface area contributed by atoms with Crippen LogP contribution in [0.3, 0.4) is 0 Å². The van der Waals surface area contributed by atoms with Crippen molar-refractivity contribution in [2.24, 2.45) is 0 Å². The SMILES string of the molecule is CCCCCS(=O)(=O)CCCCCCCCCC/C(=C(/CC)c1ccc(O)cc1)c1cccc(O)c1. The van der Waals surface area contributed by atoms with Crippen molar-refractivity contribution < 1.29 is 18.6 Å². The van der Waals surface area contributed by atoms with E-state index < -0.39 is 9.84 Å². The van der Waals surface area contributed by atoms with Crippen LogP contribution >= 0.6 is 0 Å². The predicted molar refractivity (Wildman–Crippen MR) is 153 cm³/mol. The number of phenols is 2. The van der Waals surface area contributed by atoms with E-state index in [0.717, 1.165) is 75.3 Å². The number of phenolic OH excluding ortho intramolecular Hbond substituents is 2. The van der Waals surface area contributed by atoms with Gasteiger partial charge in [0.25, 0.3) is 0 Å². The van der Waals surface area contributed by atoms with Gasteiger partial charge in [-0.3, -0.25) is 0 Å². The van der Waals surface area contributed by atoms with Crippen molar-refractivity contribution in [3.63, 3.8) is 0 Å². The Morgan fingerprint density at radius 3 is 1.81 bits per heavy atom. The summed E-state index contributed by atoms with van der Waals surface area (Å²) in [4.78, 5) is 0. The van der Waals surface area contributed by atoms with Crippen LogP contribution in [0.15, 0.2) is 48.5 Å². The molecule has 0 bridgehead atoms. The van der Waals surface area contributed by atoms with Gasteiger partial charge in [0.1, 0.15) is 21.3 Å². The van der Waals surface area contributed by atoms with Crippen molar-refractivity contribution >= 4 is 21.0 Å². The number of aromatic hydroxyl groups is 2. The lowest BCUT2D eigenvalue weighted by Crippen LogP contribution is -2.11. The Bertz CT molecular complexity index is 1020. The Labute approximate surface area is 219 Å². The molecular formula is C31H46O4S. The quantitative estimate of drug-likeness (QED) is 0.154. The Balaban J connectivity index is 1.79. The molecule has 2 aromatic carbocycles. The van der Waals surface area contributed by atoms with E-state index >= 15 is 0 Å². The third kappa shape index (κ3) is 11.2. The van der Waals surface area contributed by atoms with E-state index in [9.17, 15) is 18.6 Å². The summed E-state index contributed by atoms with van der Waals surface area (Å²) >= 11 is 0. The average molecular weight is 515 g/mol. The number of hydrogen-bond acceptors (Lipinski definition) is 4. The van der Waals surface area contributed by atoms with Gasteiger partial charge in [-0.25, -0.2) is 8.42 Å². The molecule has 5 heteroatoms. The number of benzene rings is 2. The van der Waals surface area contributed by atoms with Crippen LogP contribution in [0.2, 0.25) is 0 Å². The van der Waals surface area contributed by atoms with E-state index in [-0.39, 0.29) is 11.5 Å². The molecule has 0 unspecified atom stereocenters. The fourth-order valence-corrected chi connectivity index (χ4v) is 6.27. The zero-order chi connectivity index (χ0) is 26.2. The summed E-state index contributed by atoms with van der Waals surface area (Å²) in [5, 5.41) is 19.8. The van der Waals surface area contributed by atoms with Gasteiger partial charge in [-0.2, -0.15) is 0 Å². The Morgan fingerprint density at radius 1 is 0.639 bits per heavy atom. The summed E-state index contributed by atoms with van der Waals surface area (Å²) < 4.78 is 24.1. The smallest absolute Gasteiger partial charge is 0.150 e. The molecule has 0 aromatic heterocycles. The van der Waals surface area contributed by atoms with Crippen molar-refractivity contribution in [3.05, 3.63) is 59.7 Å². The molecule has 0 spiro atoms. The molecule has 200 valence electrons. The van der Waals surface area contributed by atoms with Gasteiger partial charge in [-0.1, -0.05) is 89.5 Å². The fourth-order valence-electron chi connectivity index (χ4n) is 4.78. The van der Waals surface area contributed by atoms with Crippen molar-refractivity contribution in [3.8, 4) is 11.5 Å². The maximum Gasteiger partial charge on any atom is 0.150 e. The van der Waals surface area contributed by atoms with Crippen LogP contribution in [-0.4, -0.2) is 30.1 Å². The van der Waals surface area contributed by atoms with E-state index in [1.807, 2.05) is 24.3 Å². The van der Waals surface area contributed by atoms with E-state index in [0.29, 0.717) is 11.5 Å². The number of rotatable bonds is 18. The summed E-state index contributed by atoms with van der Waals surface area (Å²) in [6.07, 6.45) is 13.4. The molecule has 0 radical (unpaired) electrons. The van der Waals surface area contributed by atoms with Gasteiger partial charge in [-0.15, -0.1) is 0 Å². The zero-order valence-corrected chi connectivity index (χ0v) is 23.2. The predicted octanol–water partition coefficient (Wildman–Crippen LogP) is 8.53. The van der Waals surface area contributed by atoms with Gasteiger partial charge in [0.05, 0.1) is 11.5 Å². The topological polar surface area (TPSA) is 74.6 Å². The molecule has 0 heterocycles. The van der Waals surface area contributed by atoms with Gasteiger partial charge >= 0.3 is 0 Å². The molecule has 0 amide bonds. The molecule has 0 fully saturated rings. The highest BCUT2D eigenvalue weighted by atomic mass is 32.2. The second kappa shape index (κ2) is 16.5. The molecule has 4 nitrogen and oxygen atoms in total. The number of hydrogen-bond donors (Lipinski definition) is 2. The fraction of sp³-hybridized carbons (Fsp3) is 0.548. The number of sulfone groups is 1. The number of allylic oxidation sites excluding steroid dienone is 2. The lowest BCUT2D eigenvalue weighted by molar-refractivity contribution is 0.474. The molecule has 36 heavy (non-hydrogen) atoms.